The Kier molecular flexibility index (Phi) is 6.22. The van der Waals surface area contributed by atoms with Gasteiger partial charge in [-0.15, -0.1) is 0 Å². The lowest BCUT2D eigenvalue weighted by atomic mass is 10.1. The first-order valence-electron chi connectivity index (χ1n) is 9.24. The minimum atomic E-state index is 0.281. The van der Waals surface area contributed by atoms with Crippen LogP contribution in [-0.4, -0.2) is 69.2 Å². The Morgan fingerprint density at radius 2 is 2.00 bits per heavy atom. The molecule has 0 aliphatic carbocycles. The normalized spacial score (nSPS) is 21.0. The fraction of sp³-hybridized carbons (Fsp3) is 0.778. The third-order valence-electron chi connectivity index (χ3n) is 5.23. The molecule has 6 heteroatoms. The smallest absolute Gasteiger partial charge is 0.224 e. The Balaban J connectivity index is 1.48. The van der Waals surface area contributed by atoms with E-state index in [0.717, 1.165) is 50.0 Å². The van der Waals surface area contributed by atoms with Crippen LogP contribution in [0, 0.1) is 13.8 Å². The van der Waals surface area contributed by atoms with Gasteiger partial charge in [-0.1, -0.05) is 0 Å². The van der Waals surface area contributed by atoms with Crippen molar-refractivity contribution in [2.75, 3.05) is 37.7 Å². The highest BCUT2D eigenvalue weighted by atomic mass is 32.2. The van der Waals surface area contributed by atoms with E-state index >= 15 is 0 Å². The van der Waals surface area contributed by atoms with E-state index in [0.29, 0.717) is 13.0 Å². The second kappa shape index (κ2) is 8.39. The molecule has 134 valence electrons. The Hall–Kier alpha value is -1.01. The number of carbonyl (C=O) groups excluding carboxylic acids is 1. The molecule has 0 bridgehead atoms. The van der Waals surface area contributed by atoms with Gasteiger partial charge in [0, 0.05) is 50.9 Å². The van der Waals surface area contributed by atoms with Crippen LogP contribution in [-0.2, 0) is 11.3 Å². The van der Waals surface area contributed by atoms with Crippen molar-refractivity contribution in [3.63, 3.8) is 0 Å². The Morgan fingerprint density at radius 3 is 2.71 bits per heavy atom. The lowest BCUT2D eigenvalue weighted by Crippen LogP contribution is -2.41. The average Bonchev–Trinajstić information content (AvgIpc) is 2.79. The second-order valence-electron chi connectivity index (χ2n) is 7.01. The van der Waals surface area contributed by atoms with Gasteiger partial charge in [-0.3, -0.25) is 14.4 Å². The molecule has 3 rings (SSSR count). The topological polar surface area (TPSA) is 41.4 Å². The highest BCUT2D eigenvalue weighted by Crippen LogP contribution is 2.22. The maximum Gasteiger partial charge on any atom is 0.224 e. The summed E-state index contributed by atoms with van der Waals surface area (Å²) in [6, 6.07) is 2.81. The molecule has 1 aromatic rings. The highest BCUT2D eigenvalue weighted by molar-refractivity contribution is 7.99. The van der Waals surface area contributed by atoms with Crippen LogP contribution in [0.25, 0.3) is 0 Å². The molecule has 1 amide bonds. The van der Waals surface area contributed by atoms with Gasteiger partial charge in [0.2, 0.25) is 5.91 Å². The van der Waals surface area contributed by atoms with Crippen molar-refractivity contribution < 1.29 is 4.79 Å². The van der Waals surface area contributed by atoms with Crippen LogP contribution in [0.4, 0.5) is 0 Å². The molecule has 5 nitrogen and oxygen atoms in total. The van der Waals surface area contributed by atoms with E-state index in [4.69, 9.17) is 0 Å². The molecule has 0 unspecified atom stereocenters. The molecule has 2 fully saturated rings. The van der Waals surface area contributed by atoms with Gasteiger partial charge in [0.15, 0.2) is 0 Å². The third-order valence-corrected chi connectivity index (χ3v) is 6.28. The minimum absolute atomic E-state index is 0.281. The molecular formula is C18H30N4OS. The van der Waals surface area contributed by atoms with Crippen LogP contribution < -0.4 is 0 Å². The number of hydrogen-bond acceptors (Lipinski definition) is 4. The minimum Gasteiger partial charge on any atom is -0.341 e. The van der Waals surface area contributed by atoms with Crippen molar-refractivity contribution in [2.24, 2.45) is 0 Å². The van der Waals surface area contributed by atoms with E-state index < -0.39 is 0 Å². The van der Waals surface area contributed by atoms with Gasteiger partial charge in [0.05, 0.1) is 5.69 Å². The SMILES string of the molecule is Cc1cc(C)n(CCC(=O)N2CCCN(C3CCSCC3)CC2)n1. The number of amides is 1. The molecule has 0 spiro atoms. The number of rotatable bonds is 4. The van der Waals surface area contributed by atoms with E-state index in [1.807, 2.05) is 11.6 Å². The summed E-state index contributed by atoms with van der Waals surface area (Å²) >= 11 is 2.08. The molecule has 2 aliphatic rings. The molecule has 2 saturated heterocycles. The van der Waals surface area contributed by atoms with Gasteiger partial charge in [-0.05, 0) is 50.7 Å². The number of carbonyl (C=O) groups is 1. The van der Waals surface area contributed by atoms with Gasteiger partial charge in [0.25, 0.3) is 0 Å². The fourth-order valence-electron chi connectivity index (χ4n) is 3.86. The Labute approximate surface area is 149 Å². The first-order valence-corrected chi connectivity index (χ1v) is 10.4. The fourth-order valence-corrected chi connectivity index (χ4v) is 4.94. The maximum absolute atomic E-state index is 12.6. The van der Waals surface area contributed by atoms with Crippen LogP contribution in [0.1, 0.15) is 37.1 Å². The van der Waals surface area contributed by atoms with E-state index in [1.54, 1.807) is 0 Å². The van der Waals surface area contributed by atoms with Crippen molar-refractivity contribution in [3.05, 3.63) is 17.5 Å². The molecule has 0 saturated carbocycles. The van der Waals surface area contributed by atoms with Crippen LogP contribution in [0.5, 0.6) is 0 Å². The quantitative estimate of drug-likeness (QED) is 0.836. The molecule has 0 N–H and O–H groups in total. The molecule has 0 radical (unpaired) electrons. The first-order chi connectivity index (χ1) is 11.6. The van der Waals surface area contributed by atoms with Crippen LogP contribution in [0.2, 0.25) is 0 Å². The first kappa shape index (κ1) is 17.8. The zero-order valence-corrected chi connectivity index (χ0v) is 15.9. The van der Waals surface area contributed by atoms with Crippen LogP contribution in [0.15, 0.2) is 6.07 Å². The van der Waals surface area contributed by atoms with E-state index in [9.17, 15) is 4.79 Å². The van der Waals surface area contributed by atoms with E-state index in [1.165, 1.54) is 24.3 Å². The monoisotopic (exact) mass is 350 g/mol. The summed E-state index contributed by atoms with van der Waals surface area (Å²) in [6.45, 7) is 8.73. The highest BCUT2D eigenvalue weighted by Gasteiger charge is 2.25. The summed E-state index contributed by atoms with van der Waals surface area (Å²) in [5, 5.41) is 4.45. The lowest BCUT2D eigenvalue weighted by Gasteiger charge is -2.33. The third kappa shape index (κ3) is 4.54. The van der Waals surface area contributed by atoms with Crippen molar-refractivity contribution in [1.82, 2.24) is 19.6 Å². The number of nitrogens with zero attached hydrogens (tertiary/aromatic N) is 4. The van der Waals surface area contributed by atoms with E-state index in [-0.39, 0.29) is 5.91 Å². The summed E-state index contributed by atoms with van der Waals surface area (Å²) in [6.07, 6.45) is 4.30. The number of aromatic nitrogens is 2. The molecule has 24 heavy (non-hydrogen) atoms. The summed E-state index contributed by atoms with van der Waals surface area (Å²) in [5.41, 5.74) is 2.16. The summed E-state index contributed by atoms with van der Waals surface area (Å²) < 4.78 is 1.96. The van der Waals surface area contributed by atoms with Crippen molar-refractivity contribution in [2.45, 2.75) is 52.1 Å². The average molecular weight is 351 g/mol. The standard InChI is InChI=1S/C18H30N4OS/c1-15-14-16(2)22(19-15)9-4-18(23)21-8-3-7-20(10-11-21)17-5-12-24-13-6-17/h14,17H,3-13H2,1-2H3. The maximum atomic E-state index is 12.6. The molecular weight excluding hydrogens is 320 g/mol. The van der Waals surface area contributed by atoms with Crippen LogP contribution in [0.3, 0.4) is 0 Å². The lowest BCUT2D eigenvalue weighted by molar-refractivity contribution is -0.131. The largest absolute Gasteiger partial charge is 0.341 e. The van der Waals surface area contributed by atoms with Gasteiger partial charge >= 0.3 is 0 Å². The van der Waals surface area contributed by atoms with E-state index in [2.05, 4.69) is 39.7 Å². The second-order valence-corrected chi connectivity index (χ2v) is 8.24. The molecule has 2 aliphatic heterocycles. The molecule has 0 aromatic carbocycles. The van der Waals surface area contributed by atoms with Gasteiger partial charge in [0.1, 0.15) is 0 Å². The van der Waals surface area contributed by atoms with Crippen LogP contribution >= 0.6 is 11.8 Å². The number of aryl methyl sites for hydroxylation is 3. The predicted molar refractivity (Wildman–Crippen MR) is 99.4 cm³/mol. The Bertz CT molecular complexity index is 553. The number of hydrogen-bond donors (Lipinski definition) is 0. The molecule has 0 atom stereocenters. The molecule has 3 heterocycles. The van der Waals surface area contributed by atoms with Gasteiger partial charge in [-0.25, -0.2) is 0 Å². The predicted octanol–water partition coefficient (Wildman–Crippen LogP) is 2.32. The Morgan fingerprint density at radius 1 is 1.21 bits per heavy atom. The van der Waals surface area contributed by atoms with Gasteiger partial charge < -0.3 is 4.90 Å². The number of thioether (sulfide) groups is 1. The zero-order chi connectivity index (χ0) is 16.9. The summed E-state index contributed by atoms with van der Waals surface area (Å²) in [5.74, 6) is 2.88. The summed E-state index contributed by atoms with van der Waals surface area (Å²) in [4.78, 5) is 17.3. The summed E-state index contributed by atoms with van der Waals surface area (Å²) in [7, 11) is 0. The molecule has 1 aromatic heterocycles. The zero-order valence-electron chi connectivity index (χ0n) is 15.0. The van der Waals surface area contributed by atoms with Gasteiger partial charge in [-0.2, -0.15) is 16.9 Å². The van der Waals surface area contributed by atoms with Crippen molar-refractivity contribution >= 4 is 17.7 Å². The van der Waals surface area contributed by atoms with Crippen molar-refractivity contribution in [1.29, 1.82) is 0 Å². The van der Waals surface area contributed by atoms with Crippen molar-refractivity contribution in [3.8, 4) is 0 Å².